The summed E-state index contributed by atoms with van der Waals surface area (Å²) in [7, 11) is 0. The molecule has 1 aliphatic rings. The number of ketones is 2. The van der Waals surface area contributed by atoms with Crippen LogP contribution in [0.1, 0.15) is 39.2 Å². The van der Waals surface area contributed by atoms with E-state index in [0.29, 0.717) is 11.1 Å². The molecule has 0 amide bonds. The third-order valence-electron chi connectivity index (χ3n) is 4.24. The molecule has 0 unspecified atom stereocenters. The maximum absolute atomic E-state index is 12.3. The van der Waals surface area contributed by atoms with Crippen LogP contribution in [0.15, 0.2) is 46.4 Å². The zero-order valence-corrected chi connectivity index (χ0v) is 14.4. The summed E-state index contributed by atoms with van der Waals surface area (Å²) in [5.74, 6) is -0.346. The van der Waals surface area contributed by atoms with Gasteiger partial charge in [0, 0.05) is 40.9 Å². The highest BCUT2D eigenvalue weighted by Crippen LogP contribution is 2.43. The van der Waals surface area contributed by atoms with Gasteiger partial charge in [0.1, 0.15) is 0 Å². The van der Waals surface area contributed by atoms with Crippen molar-refractivity contribution in [2.45, 2.75) is 33.6 Å². The molecule has 1 aliphatic heterocycles. The van der Waals surface area contributed by atoms with E-state index >= 15 is 0 Å². The van der Waals surface area contributed by atoms with Gasteiger partial charge in [0.05, 0.1) is 4.70 Å². The Balaban J connectivity index is 2.31. The van der Waals surface area contributed by atoms with Gasteiger partial charge in [0.2, 0.25) is 0 Å². The lowest BCUT2D eigenvalue weighted by atomic mass is 9.78. The van der Waals surface area contributed by atoms with Crippen LogP contribution in [0.3, 0.4) is 0 Å². The quantitative estimate of drug-likeness (QED) is 0.934. The molecule has 0 atom stereocenters. The van der Waals surface area contributed by atoms with Gasteiger partial charge in [-0.2, -0.15) is 0 Å². The molecule has 0 fully saturated rings. The average Bonchev–Trinajstić information content (AvgIpc) is 2.89. The average molecular weight is 326 g/mol. The van der Waals surface area contributed by atoms with Gasteiger partial charge in [-0.15, -0.1) is 11.3 Å². The van der Waals surface area contributed by atoms with Crippen LogP contribution in [-0.4, -0.2) is 16.6 Å². The standard InChI is InChI=1S/C18H18N2O2S/c1-9-16(11(3)21)18(17(12(4)22)10(2)20-9)14-8-23-15-7-19-6-5-13(14)15/h5-8,18,20H,1-4H3. The van der Waals surface area contributed by atoms with E-state index in [1.54, 1.807) is 31.4 Å². The first-order valence-corrected chi connectivity index (χ1v) is 8.31. The largest absolute Gasteiger partial charge is 0.362 e. The number of hydrogen-bond donors (Lipinski definition) is 1. The Kier molecular flexibility index (Phi) is 3.90. The Morgan fingerprint density at radius 3 is 2.30 bits per heavy atom. The number of carbonyl (C=O) groups excluding carboxylic acids is 2. The Hall–Kier alpha value is -2.27. The second-order valence-corrected chi connectivity index (χ2v) is 6.72. The highest BCUT2D eigenvalue weighted by atomic mass is 32.1. The third-order valence-corrected chi connectivity index (χ3v) is 5.19. The van der Waals surface area contributed by atoms with Crippen molar-refractivity contribution in [3.05, 3.63) is 51.9 Å². The second-order valence-electron chi connectivity index (χ2n) is 5.81. The number of nitrogens with one attached hydrogen (secondary N) is 1. The third kappa shape index (κ3) is 2.51. The molecule has 2 aromatic heterocycles. The molecule has 0 spiro atoms. The summed E-state index contributed by atoms with van der Waals surface area (Å²) in [6, 6.07) is 1.95. The fourth-order valence-corrected chi connectivity index (χ4v) is 4.32. The van der Waals surface area contributed by atoms with E-state index in [1.165, 1.54) is 0 Å². The molecule has 2 aromatic rings. The predicted molar refractivity (Wildman–Crippen MR) is 92.3 cm³/mol. The summed E-state index contributed by atoms with van der Waals surface area (Å²) in [4.78, 5) is 28.7. The van der Waals surface area contributed by atoms with Crippen LogP contribution >= 0.6 is 11.3 Å². The van der Waals surface area contributed by atoms with E-state index in [4.69, 9.17) is 0 Å². The topological polar surface area (TPSA) is 59.1 Å². The minimum absolute atomic E-state index is 0.0142. The highest BCUT2D eigenvalue weighted by Gasteiger charge is 2.34. The fraction of sp³-hybridized carbons (Fsp3) is 0.278. The van der Waals surface area contributed by atoms with Crippen molar-refractivity contribution in [3.8, 4) is 0 Å². The minimum atomic E-state index is -0.317. The maximum atomic E-state index is 12.3. The molecule has 1 N–H and O–H groups in total. The molecular formula is C18H18N2O2S. The number of thiophene rings is 1. The Labute approximate surface area is 138 Å². The number of allylic oxidation sites excluding steroid dienone is 4. The van der Waals surface area contributed by atoms with E-state index in [0.717, 1.165) is 27.0 Å². The molecule has 0 radical (unpaired) electrons. The summed E-state index contributed by atoms with van der Waals surface area (Å²) in [5.41, 5.74) is 3.97. The summed E-state index contributed by atoms with van der Waals surface area (Å²) in [6.45, 7) is 6.89. The molecule has 23 heavy (non-hydrogen) atoms. The van der Waals surface area contributed by atoms with Crippen molar-refractivity contribution in [2.75, 3.05) is 0 Å². The van der Waals surface area contributed by atoms with E-state index in [-0.39, 0.29) is 17.5 Å². The zero-order valence-electron chi connectivity index (χ0n) is 13.6. The number of fused-ring (bicyclic) bond motifs is 1. The predicted octanol–water partition coefficient (Wildman–Crippen LogP) is 3.71. The smallest absolute Gasteiger partial charge is 0.158 e. The number of nitrogens with zero attached hydrogens (tertiary/aromatic N) is 1. The summed E-state index contributed by atoms with van der Waals surface area (Å²) < 4.78 is 1.06. The summed E-state index contributed by atoms with van der Waals surface area (Å²) in [5, 5.41) is 6.28. The molecule has 0 bridgehead atoms. The number of hydrogen-bond acceptors (Lipinski definition) is 5. The van der Waals surface area contributed by atoms with Crippen LogP contribution in [0.5, 0.6) is 0 Å². The summed E-state index contributed by atoms with van der Waals surface area (Å²) >= 11 is 1.59. The van der Waals surface area contributed by atoms with Crippen LogP contribution in [-0.2, 0) is 9.59 Å². The maximum Gasteiger partial charge on any atom is 0.158 e. The highest BCUT2D eigenvalue weighted by molar-refractivity contribution is 7.17. The van der Waals surface area contributed by atoms with Crippen LogP contribution in [0, 0.1) is 0 Å². The van der Waals surface area contributed by atoms with Crippen molar-refractivity contribution in [2.24, 2.45) is 0 Å². The van der Waals surface area contributed by atoms with Gasteiger partial charge < -0.3 is 5.32 Å². The first-order chi connectivity index (χ1) is 10.9. The Morgan fingerprint density at radius 1 is 1.13 bits per heavy atom. The number of aromatic nitrogens is 1. The lowest BCUT2D eigenvalue weighted by Gasteiger charge is -2.30. The fourth-order valence-electron chi connectivity index (χ4n) is 3.37. The van der Waals surface area contributed by atoms with Crippen molar-refractivity contribution in [1.82, 2.24) is 10.3 Å². The van der Waals surface area contributed by atoms with Gasteiger partial charge in [-0.1, -0.05) is 0 Å². The monoisotopic (exact) mass is 326 g/mol. The Morgan fingerprint density at radius 2 is 1.74 bits per heavy atom. The second kappa shape index (κ2) is 5.74. The molecule has 3 heterocycles. The van der Waals surface area contributed by atoms with Gasteiger partial charge in [0.25, 0.3) is 0 Å². The van der Waals surface area contributed by atoms with Crippen molar-refractivity contribution in [3.63, 3.8) is 0 Å². The van der Waals surface area contributed by atoms with E-state index in [1.807, 2.05) is 31.5 Å². The van der Waals surface area contributed by atoms with E-state index in [2.05, 4.69) is 10.3 Å². The van der Waals surface area contributed by atoms with Crippen molar-refractivity contribution < 1.29 is 9.59 Å². The normalized spacial score (nSPS) is 16.0. The number of carbonyl (C=O) groups is 2. The van der Waals surface area contributed by atoms with Crippen LogP contribution in [0.2, 0.25) is 0 Å². The van der Waals surface area contributed by atoms with Gasteiger partial charge in [-0.05, 0) is 50.1 Å². The number of dihydropyridines is 1. The molecule has 3 rings (SSSR count). The molecule has 0 aromatic carbocycles. The van der Waals surface area contributed by atoms with Gasteiger partial charge in [-0.25, -0.2) is 0 Å². The van der Waals surface area contributed by atoms with Crippen molar-refractivity contribution >= 4 is 33.0 Å². The molecule has 0 saturated carbocycles. The van der Waals surface area contributed by atoms with E-state index < -0.39 is 0 Å². The van der Waals surface area contributed by atoms with Crippen molar-refractivity contribution in [1.29, 1.82) is 0 Å². The van der Waals surface area contributed by atoms with Crippen LogP contribution in [0.25, 0.3) is 10.1 Å². The van der Waals surface area contributed by atoms with Gasteiger partial charge >= 0.3 is 0 Å². The van der Waals surface area contributed by atoms with Crippen LogP contribution in [0.4, 0.5) is 0 Å². The zero-order chi connectivity index (χ0) is 16.7. The molecule has 5 heteroatoms. The molecule has 118 valence electrons. The summed E-state index contributed by atoms with van der Waals surface area (Å²) in [6.07, 6.45) is 3.56. The number of Topliss-reactive ketones (excluding diaryl/α,β-unsaturated/α-hetero) is 2. The number of rotatable bonds is 3. The molecule has 0 saturated heterocycles. The molecule has 4 nitrogen and oxygen atoms in total. The minimum Gasteiger partial charge on any atom is -0.362 e. The van der Waals surface area contributed by atoms with Crippen LogP contribution < -0.4 is 5.32 Å². The first-order valence-electron chi connectivity index (χ1n) is 7.43. The molecular weight excluding hydrogens is 308 g/mol. The van der Waals surface area contributed by atoms with Gasteiger partial charge in [0.15, 0.2) is 11.6 Å². The number of pyridine rings is 1. The molecule has 0 aliphatic carbocycles. The SMILES string of the molecule is CC(=O)C1=C(C)NC(C)=C(C(C)=O)C1c1csc2cnccc12. The first kappa shape index (κ1) is 15.6. The Bertz CT molecular complexity index is 853. The lowest BCUT2D eigenvalue weighted by Crippen LogP contribution is -2.29. The van der Waals surface area contributed by atoms with E-state index in [9.17, 15) is 9.59 Å². The lowest BCUT2D eigenvalue weighted by molar-refractivity contribution is -0.114. The van der Waals surface area contributed by atoms with Gasteiger partial charge in [-0.3, -0.25) is 14.6 Å².